The number of benzene rings is 1. The van der Waals surface area contributed by atoms with Crippen LogP contribution < -0.4 is 0 Å². The maximum absolute atomic E-state index is 13.0. The van der Waals surface area contributed by atoms with Crippen LogP contribution in [0.5, 0.6) is 0 Å². The maximum atomic E-state index is 13.0. The number of carbonyl (C=O) groups excluding carboxylic acids is 1. The van der Waals surface area contributed by atoms with E-state index in [1.807, 2.05) is 13.0 Å². The van der Waals surface area contributed by atoms with Crippen molar-refractivity contribution >= 4 is 27.2 Å². The van der Waals surface area contributed by atoms with E-state index in [0.29, 0.717) is 11.3 Å². The fourth-order valence-electron chi connectivity index (χ4n) is 1.50. The molecule has 82 valence electrons. The summed E-state index contributed by atoms with van der Waals surface area (Å²) in [5.74, 6) is -0.220. The summed E-state index contributed by atoms with van der Waals surface area (Å²) in [6.07, 6.45) is 0.356. The molecule has 0 aliphatic carbocycles. The lowest BCUT2D eigenvalue weighted by molar-refractivity contribution is 0.0997. The standard InChI is InChI=1S/C13H11FOS/c1-8(2)5-11(15)13-6-9-3-4-10(14)7-12(9)16-13/h3-4,6-7H,1,5H2,2H3. The van der Waals surface area contributed by atoms with Crippen molar-refractivity contribution < 1.29 is 9.18 Å². The van der Waals surface area contributed by atoms with E-state index in [1.54, 1.807) is 6.07 Å². The molecule has 0 unspecified atom stereocenters. The topological polar surface area (TPSA) is 17.1 Å². The van der Waals surface area contributed by atoms with Crippen molar-refractivity contribution in [3.63, 3.8) is 0 Å². The summed E-state index contributed by atoms with van der Waals surface area (Å²) >= 11 is 1.33. The SMILES string of the molecule is C=C(C)CC(=O)c1cc2ccc(F)cc2s1. The molecule has 1 aromatic heterocycles. The highest BCUT2D eigenvalue weighted by Gasteiger charge is 2.10. The fourth-order valence-corrected chi connectivity index (χ4v) is 2.53. The van der Waals surface area contributed by atoms with Crippen LogP contribution in [0.25, 0.3) is 10.1 Å². The number of halogens is 1. The number of carbonyl (C=O) groups is 1. The summed E-state index contributed by atoms with van der Waals surface area (Å²) in [5.41, 5.74) is 0.841. The molecule has 0 saturated heterocycles. The molecule has 0 aliphatic rings. The van der Waals surface area contributed by atoms with Gasteiger partial charge in [-0.25, -0.2) is 4.39 Å². The Labute approximate surface area is 97.2 Å². The minimum atomic E-state index is -0.270. The second kappa shape index (κ2) is 4.18. The number of fused-ring (bicyclic) bond motifs is 1. The largest absolute Gasteiger partial charge is 0.293 e. The third-order valence-corrected chi connectivity index (χ3v) is 3.36. The Morgan fingerprint density at radius 3 is 2.88 bits per heavy atom. The number of hydrogen-bond acceptors (Lipinski definition) is 2. The molecular weight excluding hydrogens is 223 g/mol. The first-order valence-electron chi connectivity index (χ1n) is 4.93. The number of hydrogen-bond donors (Lipinski definition) is 0. The van der Waals surface area contributed by atoms with E-state index in [0.717, 1.165) is 15.7 Å². The third-order valence-electron chi connectivity index (χ3n) is 2.22. The van der Waals surface area contributed by atoms with E-state index in [9.17, 15) is 9.18 Å². The zero-order chi connectivity index (χ0) is 11.7. The summed E-state index contributed by atoms with van der Waals surface area (Å²) in [6, 6.07) is 6.36. The summed E-state index contributed by atoms with van der Waals surface area (Å²) in [4.78, 5) is 12.4. The van der Waals surface area contributed by atoms with Crippen LogP contribution in [-0.2, 0) is 0 Å². The van der Waals surface area contributed by atoms with Gasteiger partial charge >= 0.3 is 0 Å². The van der Waals surface area contributed by atoms with Crippen LogP contribution in [0.4, 0.5) is 4.39 Å². The lowest BCUT2D eigenvalue weighted by Gasteiger charge is -1.94. The van der Waals surface area contributed by atoms with Gasteiger partial charge in [0.25, 0.3) is 0 Å². The normalized spacial score (nSPS) is 10.6. The molecule has 0 spiro atoms. The van der Waals surface area contributed by atoms with Crippen molar-refractivity contribution in [1.29, 1.82) is 0 Å². The fraction of sp³-hybridized carbons (Fsp3) is 0.154. The number of Topliss-reactive ketones (excluding diaryl/α,β-unsaturated/α-hetero) is 1. The van der Waals surface area contributed by atoms with Gasteiger partial charge in [-0.3, -0.25) is 4.79 Å². The molecule has 2 aromatic rings. The third kappa shape index (κ3) is 2.19. The lowest BCUT2D eigenvalue weighted by Crippen LogP contribution is -1.95. The first-order chi connectivity index (χ1) is 7.56. The molecule has 1 heterocycles. The first-order valence-corrected chi connectivity index (χ1v) is 5.74. The molecule has 0 amide bonds. The highest BCUT2D eigenvalue weighted by atomic mass is 32.1. The van der Waals surface area contributed by atoms with Crippen molar-refractivity contribution in [3.05, 3.63) is 47.1 Å². The predicted octanol–water partition coefficient (Wildman–Crippen LogP) is 4.19. The lowest BCUT2D eigenvalue weighted by atomic mass is 10.1. The number of ketones is 1. The number of allylic oxidation sites excluding steroid dienone is 1. The quantitative estimate of drug-likeness (QED) is 0.575. The Hall–Kier alpha value is -1.48. The maximum Gasteiger partial charge on any atom is 0.176 e. The minimum absolute atomic E-state index is 0.0501. The van der Waals surface area contributed by atoms with E-state index >= 15 is 0 Å². The van der Waals surface area contributed by atoms with E-state index in [4.69, 9.17) is 0 Å². The highest BCUT2D eigenvalue weighted by molar-refractivity contribution is 7.20. The van der Waals surface area contributed by atoms with Crippen molar-refractivity contribution in [2.75, 3.05) is 0 Å². The van der Waals surface area contributed by atoms with Crippen LogP contribution in [-0.4, -0.2) is 5.78 Å². The molecule has 0 saturated carbocycles. The highest BCUT2D eigenvalue weighted by Crippen LogP contribution is 2.27. The van der Waals surface area contributed by atoms with Crippen LogP contribution in [0.1, 0.15) is 23.0 Å². The van der Waals surface area contributed by atoms with Gasteiger partial charge in [0.05, 0.1) is 4.88 Å². The molecule has 1 nitrogen and oxygen atoms in total. The second-order valence-electron chi connectivity index (χ2n) is 3.85. The predicted molar refractivity (Wildman–Crippen MR) is 65.5 cm³/mol. The number of rotatable bonds is 3. The van der Waals surface area contributed by atoms with Gasteiger partial charge in [-0.15, -0.1) is 11.3 Å². The van der Waals surface area contributed by atoms with E-state index < -0.39 is 0 Å². The molecule has 1 aromatic carbocycles. The van der Waals surface area contributed by atoms with Crippen LogP contribution in [0, 0.1) is 5.82 Å². The molecule has 0 aliphatic heterocycles. The molecule has 3 heteroatoms. The summed E-state index contributed by atoms with van der Waals surface area (Å²) in [5, 5.41) is 0.913. The molecule has 0 N–H and O–H groups in total. The monoisotopic (exact) mass is 234 g/mol. The first kappa shape index (κ1) is 11.0. The van der Waals surface area contributed by atoms with Crippen LogP contribution in [0.3, 0.4) is 0 Å². The van der Waals surface area contributed by atoms with Crippen LogP contribution in [0.15, 0.2) is 36.4 Å². The van der Waals surface area contributed by atoms with Gasteiger partial charge in [0.1, 0.15) is 5.82 Å². The van der Waals surface area contributed by atoms with Gasteiger partial charge in [-0.05, 0) is 30.5 Å². The Kier molecular flexibility index (Phi) is 2.88. The van der Waals surface area contributed by atoms with E-state index in [2.05, 4.69) is 6.58 Å². The van der Waals surface area contributed by atoms with Crippen molar-refractivity contribution in [1.82, 2.24) is 0 Å². The Morgan fingerprint density at radius 1 is 1.44 bits per heavy atom. The average Bonchev–Trinajstić information content (AvgIpc) is 2.59. The zero-order valence-electron chi connectivity index (χ0n) is 8.92. The van der Waals surface area contributed by atoms with Gasteiger partial charge in [-0.1, -0.05) is 18.2 Å². The van der Waals surface area contributed by atoms with E-state index in [-0.39, 0.29) is 11.6 Å². The van der Waals surface area contributed by atoms with Gasteiger partial charge in [0, 0.05) is 11.1 Å². The Bertz CT molecular complexity index is 568. The zero-order valence-corrected chi connectivity index (χ0v) is 9.73. The van der Waals surface area contributed by atoms with Crippen LogP contribution in [0.2, 0.25) is 0 Å². The summed E-state index contributed by atoms with van der Waals surface area (Å²) in [6.45, 7) is 5.54. The van der Waals surface area contributed by atoms with Gasteiger partial charge in [0.15, 0.2) is 5.78 Å². The molecule has 0 bridgehead atoms. The average molecular weight is 234 g/mol. The molecule has 0 radical (unpaired) electrons. The molecule has 2 rings (SSSR count). The number of thiophene rings is 1. The van der Waals surface area contributed by atoms with Crippen molar-refractivity contribution in [3.8, 4) is 0 Å². The van der Waals surface area contributed by atoms with Gasteiger partial charge in [-0.2, -0.15) is 0 Å². The smallest absolute Gasteiger partial charge is 0.176 e. The molecular formula is C13H11FOS. The minimum Gasteiger partial charge on any atom is -0.293 e. The van der Waals surface area contributed by atoms with Crippen molar-refractivity contribution in [2.45, 2.75) is 13.3 Å². The molecule has 16 heavy (non-hydrogen) atoms. The van der Waals surface area contributed by atoms with Gasteiger partial charge in [0.2, 0.25) is 0 Å². The summed E-state index contributed by atoms with van der Waals surface area (Å²) in [7, 11) is 0. The van der Waals surface area contributed by atoms with E-state index in [1.165, 1.54) is 23.5 Å². The van der Waals surface area contributed by atoms with Gasteiger partial charge < -0.3 is 0 Å². The molecule has 0 fully saturated rings. The van der Waals surface area contributed by atoms with Crippen LogP contribution >= 0.6 is 11.3 Å². The Morgan fingerprint density at radius 2 is 2.19 bits per heavy atom. The molecule has 0 atom stereocenters. The summed E-state index contributed by atoms with van der Waals surface area (Å²) < 4.78 is 13.8. The second-order valence-corrected chi connectivity index (χ2v) is 4.93. The Balaban J connectivity index is 2.39. The van der Waals surface area contributed by atoms with Crippen molar-refractivity contribution in [2.24, 2.45) is 0 Å².